The lowest BCUT2D eigenvalue weighted by Crippen LogP contribution is -2.54. The molecular formula is C24H26N2O6. The summed E-state index contributed by atoms with van der Waals surface area (Å²) in [5.74, 6) is -0.127. The molecule has 2 aromatic rings. The van der Waals surface area contributed by atoms with Crippen LogP contribution in [-0.2, 0) is 9.59 Å². The van der Waals surface area contributed by atoms with E-state index in [-0.39, 0.29) is 17.4 Å². The van der Waals surface area contributed by atoms with E-state index in [2.05, 4.69) is 5.32 Å². The van der Waals surface area contributed by atoms with E-state index >= 15 is 0 Å². The lowest BCUT2D eigenvalue weighted by molar-refractivity contribution is -0.122. The highest BCUT2D eigenvalue weighted by Crippen LogP contribution is 2.33. The van der Waals surface area contributed by atoms with Crippen LogP contribution >= 0.6 is 0 Å². The molecule has 0 saturated carbocycles. The van der Waals surface area contributed by atoms with Crippen LogP contribution in [0.15, 0.2) is 48.0 Å². The standard InChI is InChI=1S/C24H26N2O6/c1-5-15(3)32-20-12-11-16(14-21(20)30-4)13-17-22(27)25-24(29)26(23(17)28)18-9-7-8-10-19(18)31-6-2/h7-15H,5-6H2,1-4H3,(H,25,27,29)/b17-13+/t15-/m0/s1. The summed E-state index contributed by atoms with van der Waals surface area (Å²) in [6.07, 6.45) is 2.25. The van der Waals surface area contributed by atoms with Crippen LogP contribution < -0.4 is 24.4 Å². The molecule has 1 heterocycles. The molecule has 168 valence electrons. The Morgan fingerprint density at radius 1 is 1.03 bits per heavy atom. The van der Waals surface area contributed by atoms with Gasteiger partial charge in [-0.15, -0.1) is 0 Å². The maximum Gasteiger partial charge on any atom is 0.336 e. The third kappa shape index (κ3) is 4.74. The van der Waals surface area contributed by atoms with E-state index < -0.39 is 17.8 Å². The number of barbiturate groups is 1. The number of ether oxygens (including phenoxy) is 3. The van der Waals surface area contributed by atoms with Crippen LogP contribution in [0.3, 0.4) is 0 Å². The molecule has 1 atom stereocenters. The molecule has 3 rings (SSSR count). The van der Waals surface area contributed by atoms with Gasteiger partial charge in [0, 0.05) is 0 Å². The van der Waals surface area contributed by atoms with E-state index in [0.717, 1.165) is 11.3 Å². The summed E-state index contributed by atoms with van der Waals surface area (Å²) in [7, 11) is 1.51. The average molecular weight is 438 g/mol. The van der Waals surface area contributed by atoms with Gasteiger partial charge in [-0.05, 0) is 56.2 Å². The van der Waals surface area contributed by atoms with Crippen molar-refractivity contribution < 1.29 is 28.6 Å². The molecule has 1 fully saturated rings. The van der Waals surface area contributed by atoms with Crippen molar-refractivity contribution in [2.45, 2.75) is 33.3 Å². The van der Waals surface area contributed by atoms with Gasteiger partial charge in [0.15, 0.2) is 11.5 Å². The lowest BCUT2D eigenvalue weighted by Gasteiger charge is -2.27. The number of carbonyl (C=O) groups excluding carboxylic acids is 3. The van der Waals surface area contributed by atoms with E-state index in [4.69, 9.17) is 14.2 Å². The summed E-state index contributed by atoms with van der Waals surface area (Å²) < 4.78 is 16.8. The Morgan fingerprint density at radius 2 is 1.78 bits per heavy atom. The topological polar surface area (TPSA) is 94.2 Å². The fourth-order valence-electron chi connectivity index (χ4n) is 3.13. The SMILES string of the molecule is CCOc1ccccc1N1C(=O)NC(=O)/C(=C\c2ccc(O[C@@H](C)CC)c(OC)c2)C1=O. The molecule has 1 aliphatic rings. The Kier molecular flexibility index (Phi) is 7.14. The maximum atomic E-state index is 13.2. The second-order valence-corrected chi connectivity index (χ2v) is 7.11. The number of nitrogens with one attached hydrogen (secondary N) is 1. The fourth-order valence-corrected chi connectivity index (χ4v) is 3.13. The first-order chi connectivity index (χ1) is 15.4. The molecule has 0 bridgehead atoms. The number of amides is 4. The largest absolute Gasteiger partial charge is 0.493 e. The predicted octanol–water partition coefficient (Wildman–Crippen LogP) is 3.94. The normalized spacial score (nSPS) is 16.1. The van der Waals surface area contributed by atoms with Crippen molar-refractivity contribution in [3.8, 4) is 17.2 Å². The van der Waals surface area contributed by atoms with Gasteiger partial charge in [-0.3, -0.25) is 14.9 Å². The molecular weight excluding hydrogens is 412 g/mol. The van der Waals surface area contributed by atoms with Crippen LogP contribution in [-0.4, -0.2) is 37.7 Å². The van der Waals surface area contributed by atoms with Crippen molar-refractivity contribution in [2.75, 3.05) is 18.6 Å². The van der Waals surface area contributed by atoms with E-state index in [0.29, 0.717) is 29.4 Å². The molecule has 0 radical (unpaired) electrons. The van der Waals surface area contributed by atoms with Crippen molar-refractivity contribution >= 4 is 29.6 Å². The Morgan fingerprint density at radius 3 is 2.47 bits per heavy atom. The summed E-state index contributed by atoms with van der Waals surface area (Å²) in [5.41, 5.74) is 0.614. The second kappa shape index (κ2) is 10.00. The van der Waals surface area contributed by atoms with Crippen LogP contribution in [0, 0.1) is 0 Å². The van der Waals surface area contributed by atoms with Crippen LogP contribution in [0.1, 0.15) is 32.8 Å². The van der Waals surface area contributed by atoms with E-state index in [1.54, 1.807) is 49.4 Å². The molecule has 4 amide bonds. The number of anilines is 1. The first-order valence-electron chi connectivity index (χ1n) is 10.4. The Bertz CT molecular complexity index is 1060. The van der Waals surface area contributed by atoms with E-state index in [9.17, 15) is 14.4 Å². The maximum absolute atomic E-state index is 13.2. The van der Waals surface area contributed by atoms with Crippen LogP contribution in [0.25, 0.3) is 6.08 Å². The number of urea groups is 1. The predicted molar refractivity (Wildman–Crippen MR) is 120 cm³/mol. The van der Waals surface area contributed by atoms with E-state index in [1.165, 1.54) is 13.2 Å². The van der Waals surface area contributed by atoms with Gasteiger partial charge in [-0.2, -0.15) is 0 Å². The number of methoxy groups -OCH3 is 1. The molecule has 2 aromatic carbocycles. The van der Waals surface area contributed by atoms with Crippen LogP contribution in [0.2, 0.25) is 0 Å². The van der Waals surface area contributed by atoms with Gasteiger partial charge in [-0.1, -0.05) is 25.1 Å². The minimum atomic E-state index is -0.834. The summed E-state index contributed by atoms with van der Waals surface area (Å²) in [4.78, 5) is 39.1. The Labute approximate surface area is 186 Å². The van der Waals surface area contributed by atoms with Crippen molar-refractivity contribution in [3.63, 3.8) is 0 Å². The van der Waals surface area contributed by atoms with Gasteiger partial charge in [0.1, 0.15) is 11.3 Å². The number of hydrogen-bond donors (Lipinski definition) is 1. The molecule has 1 saturated heterocycles. The number of imide groups is 2. The van der Waals surface area contributed by atoms with Gasteiger partial charge in [-0.25, -0.2) is 9.69 Å². The Balaban J connectivity index is 1.98. The van der Waals surface area contributed by atoms with Crippen molar-refractivity contribution in [2.24, 2.45) is 0 Å². The van der Waals surface area contributed by atoms with Crippen LogP contribution in [0.4, 0.5) is 10.5 Å². The summed E-state index contributed by atoms with van der Waals surface area (Å²) in [6.45, 7) is 6.12. The summed E-state index contributed by atoms with van der Waals surface area (Å²) in [6, 6.07) is 10.9. The summed E-state index contributed by atoms with van der Waals surface area (Å²) in [5, 5.41) is 2.22. The minimum Gasteiger partial charge on any atom is -0.493 e. The number of carbonyl (C=O) groups is 3. The smallest absolute Gasteiger partial charge is 0.336 e. The highest BCUT2D eigenvalue weighted by molar-refractivity contribution is 6.39. The average Bonchev–Trinajstić information content (AvgIpc) is 2.78. The summed E-state index contributed by atoms with van der Waals surface area (Å²) >= 11 is 0. The zero-order valence-corrected chi connectivity index (χ0v) is 18.5. The quantitative estimate of drug-likeness (QED) is 0.496. The Hall–Kier alpha value is -3.81. The first-order valence-corrected chi connectivity index (χ1v) is 10.4. The number of nitrogens with zero attached hydrogens (tertiary/aromatic N) is 1. The molecule has 0 aliphatic carbocycles. The molecule has 1 aliphatic heterocycles. The van der Waals surface area contributed by atoms with Gasteiger partial charge in [0.25, 0.3) is 11.8 Å². The third-order valence-corrected chi connectivity index (χ3v) is 4.91. The molecule has 32 heavy (non-hydrogen) atoms. The minimum absolute atomic E-state index is 0.00350. The number of benzene rings is 2. The highest BCUT2D eigenvalue weighted by Gasteiger charge is 2.38. The third-order valence-electron chi connectivity index (χ3n) is 4.91. The number of para-hydroxylation sites is 2. The molecule has 0 aromatic heterocycles. The first kappa shape index (κ1) is 22.9. The molecule has 0 spiro atoms. The monoisotopic (exact) mass is 438 g/mol. The van der Waals surface area contributed by atoms with Crippen molar-refractivity contribution in [1.82, 2.24) is 5.32 Å². The second-order valence-electron chi connectivity index (χ2n) is 7.11. The van der Waals surface area contributed by atoms with Gasteiger partial charge in [0.05, 0.1) is 25.5 Å². The zero-order chi connectivity index (χ0) is 23.3. The number of hydrogen-bond acceptors (Lipinski definition) is 6. The van der Waals surface area contributed by atoms with Crippen LogP contribution in [0.5, 0.6) is 17.2 Å². The van der Waals surface area contributed by atoms with Gasteiger partial charge >= 0.3 is 6.03 Å². The van der Waals surface area contributed by atoms with E-state index in [1.807, 2.05) is 13.8 Å². The van der Waals surface area contributed by atoms with Gasteiger partial charge < -0.3 is 14.2 Å². The van der Waals surface area contributed by atoms with Crippen molar-refractivity contribution in [3.05, 3.63) is 53.6 Å². The molecule has 1 N–H and O–H groups in total. The number of rotatable bonds is 8. The van der Waals surface area contributed by atoms with Crippen molar-refractivity contribution in [1.29, 1.82) is 0 Å². The lowest BCUT2D eigenvalue weighted by atomic mass is 10.1. The van der Waals surface area contributed by atoms with Gasteiger partial charge in [0.2, 0.25) is 0 Å². The highest BCUT2D eigenvalue weighted by atomic mass is 16.5. The molecule has 8 nitrogen and oxygen atoms in total. The zero-order valence-electron chi connectivity index (χ0n) is 18.5. The fraction of sp³-hybridized carbons (Fsp3) is 0.292. The molecule has 8 heteroatoms. The molecule has 0 unspecified atom stereocenters.